The molecule has 104 valence electrons. The van der Waals surface area contributed by atoms with Gasteiger partial charge in [-0.3, -0.25) is 4.90 Å². The fraction of sp³-hybridized carbons (Fsp3) is 0.833. The van der Waals surface area contributed by atoms with E-state index in [1.807, 2.05) is 0 Å². The van der Waals surface area contributed by atoms with Gasteiger partial charge in [0.25, 0.3) is 0 Å². The molecule has 2 N–H and O–H groups in total. The van der Waals surface area contributed by atoms with Gasteiger partial charge in [-0.25, -0.2) is 0 Å². The second-order valence-electron chi connectivity index (χ2n) is 4.66. The van der Waals surface area contributed by atoms with E-state index in [1.165, 1.54) is 32.1 Å². The maximum absolute atomic E-state index is 5.46. The van der Waals surface area contributed by atoms with Gasteiger partial charge in [0.2, 0.25) is 5.89 Å². The lowest BCUT2D eigenvalue weighted by Crippen LogP contribution is -2.36. The molecule has 6 heteroatoms. The highest BCUT2D eigenvalue weighted by atomic mass is 35.5. The van der Waals surface area contributed by atoms with Crippen LogP contribution in [-0.4, -0.2) is 27.6 Å². The summed E-state index contributed by atoms with van der Waals surface area (Å²) in [5, 5.41) is 3.96. The van der Waals surface area contributed by atoms with Crippen LogP contribution >= 0.6 is 12.4 Å². The van der Waals surface area contributed by atoms with Gasteiger partial charge in [0.15, 0.2) is 5.82 Å². The van der Waals surface area contributed by atoms with Crippen LogP contribution in [0.2, 0.25) is 0 Å². The average Bonchev–Trinajstić information content (AvgIpc) is 2.84. The van der Waals surface area contributed by atoms with Gasteiger partial charge in [-0.05, 0) is 19.4 Å². The second-order valence-corrected chi connectivity index (χ2v) is 4.66. The van der Waals surface area contributed by atoms with E-state index in [9.17, 15) is 0 Å². The Morgan fingerprint density at radius 2 is 2.06 bits per heavy atom. The third-order valence-corrected chi connectivity index (χ3v) is 3.53. The molecule has 1 aromatic rings. The zero-order valence-corrected chi connectivity index (χ0v) is 11.8. The predicted molar refractivity (Wildman–Crippen MR) is 72.4 cm³/mol. The van der Waals surface area contributed by atoms with E-state index in [0.29, 0.717) is 18.5 Å². The van der Waals surface area contributed by atoms with E-state index in [2.05, 4.69) is 22.0 Å². The lowest BCUT2D eigenvalue weighted by Gasteiger charge is -2.32. The Morgan fingerprint density at radius 3 is 2.61 bits per heavy atom. The molecule has 1 aliphatic carbocycles. The largest absolute Gasteiger partial charge is 0.338 e. The van der Waals surface area contributed by atoms with Crippen LogP contribution in [0.5, 0.6) is 0 Å². The first-order valence-corrected chi connectivity index (χ1v) is 6.59. The van der Waals surface area contributed by atoms with Crippen LogP contribution in [0, 0.1) is 0 Å². The average molecular weight is 275 g/mol. The Kier molecular flexibility index (Phi) is 6.60. The molecule has 1 fully saturated rings. The molecule has 0 saturated heterocycles. The molecule has 0 radical (unpaired) electrons. The SMILES string of the molecule is CCN(Cc1noc(CN)n1)C1CCCCC1.Cl. The predicted octanol–water partition coefficient (Wildman–Crippen LogP) is 2.10. The first-order valence-electron chi connectivity index (χ1n) is 6.59. The topological polar surface area (TPSA) is 68.2 Å². The lowest BCUT2D eigenvalue weighted by atomic mass is 9.94. The fourth-order valence-electron chi connectivity index (χ4n) is 2.56. The van der Waals surface area contributed by atoms with Crippen LogP contribution in [0.4, 0.5) is 0 Å². The Labute approximate surface area is 115 Å². The highest BCUT2D eigenvalue weighted by Crippen LogP contribution is 2.23. The molecule has 1 aliphatic rings. The normalized spacial score (nSPS) is 16.8. The minimum atomic E-state index is 0. The minimum Gasteiger partial charge on any atom is -0.338 e. The number of hydrogen-bond donors (Lipinski definition) is 1. The van der Waals surface area contributed by atoms with Crippen molar-refractivity contribution in [3.05, 3.63) is 11.7 Å². The molecule has 0 bridgehead atoms. The van der Waals surface area contributed by atoms with Gasteiger partial charge in [-0.15, -0.1) is 12.4 Å². The number of rotatable bonds is 5. The molecule has 0 aromatic carbocycles. The maximum atomic E-state index is 5.46. The third-order valence-electron chi connectivity index (χ3n) is 3.53. The van der Waals surface area contributed by atoms with E-state index >= 15 is 0 Å². The standard InChI is InChI=1S/C12H22N4O.ClH/c1-2-16(10-6-4-3-5-7-10)9-11-14-12(8-13)17-15-11;/h10H,2-9,13H2,1H3;1H. The molecular formula is C12H23ClN4O. The van der Waals surface area contributed by atoms with Crippen molar-refractivity contribution in [1.29, 1.82) is 0 Å². The summed E-state index contributed by atoms with van der Waals surface area (Å²) in [7, 11) is 0. The third kappa shape index (κ3) is 3.93. The molecule has 0 amide bonds. The Hall–Kier alpha value is -0.650. The molecule has 5 nitrogen and oxygen atoms in total. The summed E-state index contributed by atoms with van der Waals surface area (Å²) in [5.74, 6) is 1.29. The quantitative estimate of drug-likeness (QED) is 0.891. The van der Waals surface area contributed by atoms with Crippen molar-refractivity contribution in [3.8, 4) is 0 Å². The summed E-state index contributed by atoms with van der Waals surface area (Å²) >= 11 is 0. The number of hydrogen-bond acceptors (Lipinski definition) is 5. The fourth-order valence-corrected chi connectivity index (χ4v) is 2.56. The highest BCUT2D eigenvalue weighted by Gasteiger charge is 2.21. The van der Waals surface area contributed by atoms with Crippen molar-refractivity contribution in [2.45, 2.75) is 58.2 Å². The van der Waals surface area contributed by atoms with Crippen molar-refractivity contribution in [3.63, 3.8) is 0 Å². The van der Waals surface area contributed by atoms with Crippen molar-refractivity contribution < 1.29 is 4.52 Å². The molecule has 0 spiro atoms. The summed E-state index contributed by atoms with van der Waals surface area (Å²) in [6, 6.07) is 0.688. The smallest absolute Gasteiger partial charge is 0.240 e. The van der Waals surface area contributed by atoms with Gasteiger partial charge in [-0.1, -0.05) is 31.3 Å². The Morgan fingerprint density at radius 1 is 1.33 bits per heavy atom. The molecule has 0 atom stereocenters. The van der Waals surface area contributed by atoms with E-state index in [0.717, 1.165) is 18.9 Å². The van der Waals surface area contributed by atoms with E-state index in [1.54, 1.807) is 0 Å². The monoisotopic (exact) mass is 274 g/mol. The van der Waals surface area contributed by atoms with Crippen molar-refractivity contribution in [1.82, 2.24) is 15.0 Å². The molecule has 2 rings (SSSR count). The highest BCUT2D eigenvalue weighted by molar-refractivity contribution is 5.85. The van der Waals surface area contributed by atoms with Crippen LogP contribution in [0.15, 0.2) is 4.52 Å². The number of nitrogens with two attached hydrogens (primary N) is 1. The summed E-state index contributed by atoms with van der Waals surface area (Å²) in [6.45, 7) is 4.34. The van der Waals surface area contributed by atoms with Crippen LogP contribution in [0.1, 0.15) is 50.7 Å². The number of halogens is 1. The zero-order valence-electron chi connectivity index (χ0n) is 11.0. The molecule has 0 aliphatic heterocycles. The molecule has 1 saturated carbocycles. The molecular weight excluding hydrogens is 252 g/mol. The Balaban J connectivity index is 0.00000162. The molecule has 1 heterocycles. The Bertz CT molecular complexity index is 339. The van der Waals surface area contributed by atoms with E-state index < -0.39 is 0 Å². The van der Waals surface area contributed by atoms with Crippen LogP contribution in [0.3, 0.4) is 0 Å². The first-order chi connectivity index (χ1) is 8.33. The van der Waals surface area contributed by atoms with Crippen molar-refractivity contribution >= 4 is 12.4 Å². The van der Waals surface area contributed by atoms with Crippen LogP contribution in [-0.2, 0) is 13.1 Å². The minimum absolute atomic E-state index is 0. The second kappa shape index (κ2) is 7.71. The van der Waals surface area contributed by atoms with Gasteiger partial charge in [0, 0.05) is 6.04 Å². The maximum Gasteiger partial charge on any atom is 0.240 e. The van der Waals surface area contributed by atoms with Crippen molar-refractivity contribution in [2.75, 3.05) is 6.54 Å². The van der Waals surface area contributed by atoms with Gasteiger partial charge in [-0.2, -0.15) is 4.98 Å². The zero-order chi connectivity index (χ0) is 12.1. The number of nitrogens with zero attached hydrogens (tertiary/aromatic N) is 3. The summed E-state index contributed by atoms with van der Waals surface area (Å²) in [5.41, 5.74) is 5.46. The molecule has 18 heavy (non-hydrogen) atoms. The van der Waals surface area contributed by atoms with Gasteiger partial charge >= 0.3 is 0 Å². The summed E-state index contributed by atoms with van der Waals surface area (Å²) in [4.78, 5) is 6.72. The van der Waals surface area contributed by atoms with Crippen LogP contribution in [0.25, 0.3) is 0 Å². The van der Waals surface area contributed by atoms with Crippen LogP contribution < -0.4 is 5.73 Å². The molecule has 0 unspecified atom stereocenters. The van der Waals surface area contributed by atoms with E-state index in [4.69, 9.17) is 10.3 Å². The summed E-state index contributed by atoms with van der Waals surface area (Å²) < 4.78 is 5.03. The van der Waals surface area contributed by atoms with E-state index in [-0.39, 0.29) is 12.4 Å². The van der Waals surface area contributed by atoms with Crippen molar-refractivity contribution in [2.24, 2.45) is 5.73 Å². The van der Waals surface area contributed by atoms with Gasteiger partial charge in [0.1, 0.15) is 0 Å². The molecule has 1 aromatic heterocycles. The first kappa shape index (κ1) is 15.4. The van der Waals surface area contributed by atoms with Gasteiger partial charge < -0.3 is 10.3 Å². The number of aromatic nitrogens is 2. The summed E-state index contributed by atoms with van der Waals surface area (Å²) in [6.07, 6.45) is 6.68. The van der Waals surface area contributed by atoms with Gasteiger partial charge in [0.05, 0.1) is 13.1 Å². The lowest BCUT2D eigenvalue weighted by molar-refractivity contribution is 0.151.